The molecule has 2 aromatic heterocycles. The second kappa shape index (κ2) is 6.06. The first-order valence-corrected chi connectivity index (χ1v) is 8.39. The quantitative estimate of drug-likeness (QED) is 0.725. The van der Waals surface area contributed by atoms with Crippen molar-refractivity contribution in [1.29, 1.82) is 5.26 Å². The smallest absolute Gasteiger partial charge is 0.227 e. The Balaban J connectivity index is 1.60. The molecule has 1 aliphatic rings. The van der Waals surface area contributed by atoms with Crippen LogP contribution in [0.2, 0.25) is 0 Å². The Kier molecular flexibility index (Phi) is 3.73. The maximum atomic E-state index is 12.9. The number of hydrogen-bond acceptors (Lipinski definition) is 3. The van der Waals surface area contributed by atoms with Crippen molar-refractivity contribution >= 4 is 16.7 Å². The van der Waals surface area contributed by atoms with Gasteiger partial charge in [0.25, 0.3) is 0 Å². The van der Waals surface area contributed by atoms with Gasteiger partial charge in [0.05, 0.1) is 12.5 Å². The average molecular weight is 330 g/mol. The van der Waals surface area contributed by atoms with Crippen LogP contribution in [-0.2, 0) is 17.8 Å². The van der Waals surface area contributed by atoms with Gasteiger partial charge in [-0.15, -0.1) is 0 Å². The third kappa shape index (κ3) is 2.56. The summed E-state index contributed by atoms with van der Waals surface area (Å²) in [6, 6.07) is 13.9. The molecule has 1 aliphatic heterocycles. The summed E-state index contributed by atoms with van der Waals surface area (Å²) in [5.74, 6) is 0.0941. The van der Waals surface area contributed by atoms with Crippen LogP contribution < -0.4 is 0 Å². The van der Waals surface area contributed by atoms with Gasteiger partial charge in [-0.25, -0.2) is 0 Å². The lowest BCUT2D eigenvalue weighted by atomic mass is 10.0. The summed E-state index contributed by atoms with van der Waals surface area (Å²) in [5.41, 5.74) is 2.63. The van der Waals surface area contributed by atoms with E-state index >= 15 is 0 Å². The molecular formula is C20H18N4O. The fourth-order valence-corrected chi connectivity index (χ4v) is 3.68. The first-order chi connectivity index (χ1) is 12.2. The fraction of sp³-hybridized carbons (Fsp3) is 0.250. The van der Waals surface area contributed by atoms with E-state index in [1.807, 2.05) is 59.0 Å². The maximum Gasteiger partial charge on any atom is 0.227 e. The molecule has 0 bridgehead atoms. The van der Waals surface area contributed by atoms with E-state index in [4.69, 9.17) is 0 Å². The second-order valence-corrected chi connectivity index (χ2v) is 6.37. The van der Waals surface area contributed by atoms with Crippen molar-refractivity contribution < 1.29 is 4.79 Å². The summed E-state index contributed by atoms with van der Waals surface area (Å²) < 4.78 is 2.01. The number of carbonyl (C=O) groups is 1. The molecule has 0 N–H and O–H groups in total. The predicted molar refractivity (Wildman–Crippen MR) is 94.7 cm³/mol. The lowest BCUT2D eigenvalue weighted by Gasteiger charge is -2.35. The Labute approximate surface area is 146 Å². The van der Waals surface area contributed by atoms with Crippen molar-refractivity contribution in [2.45, 2.75) is 25.9 Å². The van der Waals surface area contributed by atoms with Gasteiger partial charge < -0.3 is 9.47 Å². The van der Waals surface area contributed by atoms with Crippen molar-refractivity contribution in [2.75, 3.05) is 6.54 Å². The molecule has 5 nitrogen and oxygen atoms in total. The summed E-state index contributed by atoms with van der Waals surface area (Å²) in [6.07, 6.45) is 3.94. The average Bonchev–Trinajstić information content (AvgIpc) is 3.06. The maximum absolute atomic E-state index is 12.9. The fourth-order valence-electron chi connectivity index (χ4n) is 3.68. The zero-order valence-corrected chi connectivity index (χ0v) is 14.0. The second-order valence-electron chi connectivity index (χ2n) is 6.37. The van der Waals surface area contributed by atoms with E-state index in [-0.39, 0.29) is 11.9 Å². The van der Waals surface area contributed by atoms with Gasteiger partial charge in [-0.05, 0) is 30.0 Å². The van der Waals surface area contributed by atoms with Gasteiger partial charge in [0, 0.05) is 36.6 Å². The molecular weight excluding hydrogens is 312 g/mol. The summed E-state index contributed by atoms with van der Waals surface area (Å²) in [4.78, 5) is 19.1. The summed E-state index contributed by atoms with van der Waals surface area (Å²) in [6.45, 7) is 3.30. The van der Waals surface area contributed by atoms with Gasteiger partial charge in [-0.3, -0.25) is 9.78 Å². The summed E-state index contributed by atoms with van der Waals surface area (Å²) in [5, 5.41) is 11.3. The van der Waals surface area contributed by atoms with Gasteiger partial charge >= 0.3 is 0 Å². The number of hydrogen-bond donors (Lipinski definition) is 0. The van der Waals surface area contributed by atoms with E-state index in [0.717, 1.165) is 22.0 Å². The molecule has 0 aliphatic carbocycles. The van der Waals surface area contributed by atoms with E-state index in [1.54, 1.807) is 6.20 Å². The highest BCUT2D eigenvalue weighted by molar-refractivity contribution is 5.89. The van der Waals surface area contributed by atoms with Crippen LogP contribution >= 0.6 is 0 Å². The van der Waals surface area contributed by atoms with Crippen molar-refractivity contribution in [3.05, 3.63) is 65.7 Å². The molecule has 0 saturated carbocycles. The van der Waals surface area contributed by atoms with E-state index in [1.165, 1.54) is 0 Å². The van der Waals surface area contributed by atoms with Crippen LogP contribution in [0.4, 0.5) is 0 Å². The normalized spacial score (nSPS) is 16.5. The van der Waals surface area contributed by atoms with Crippen molar-refractivity contribution in [3.63, 3.8) is 0 Å². The largest absolute Gasteiger partial charge is 0.333 e. The third-order valence-electron chi connectivity index (χ3n) is 5.00. The van der Waals surface area contributed by atoms with Crippen molar-refractivity contribution in [2.24, 2.45) is 0 Å². The molecule has 4 rings (SSSR count). The molecule has 0 spiro atoms. The number of amides is 1. The van der Waals surface area contributed by atoms with Crippen LogP contribution in [0.5, 0.6) is 0 Å². The number of nitrogens with zero attached hydrogens (tertiary/aromatic N) is 4. The Morgan fingerprint density at radius 2 is 2.08 bits per heavy atom. The highest BCUT2D eigenvalue weighted by Gasteiger charge is 2.29. The number of rotatable bonds is 2. The SMILES string of the molecule is CC1c2ccc(C#N)n2CCN1C(=O)Cc1cncc2ccccc12. The third-order valence-corrected chi connectivity index (χ3v) is 5.00. The molecule has 1 amide bonds. The van der Waals surface area contributed by atoms with Crippen LogP contribution in [0.3, 0.4) is 0 Å². The minimum Gasteiger partial charge on any atom is -0.333 e. The molecule has 0 radical (unpaired) electrons. The van der Waals surface area contributed by atoms with Gasteiger partial charge in [0.1, 0.15) is 11.8 Å². The van der Waals surface area contributed by atoms with E-state index in [2.05, 4.69) is 11.1 Å². The lowest BCUT2D eigenvalue weighted by molar-refractivity contribution is -0.133. The zero-order valence-electron chi connectivity index (χ0n) is 14.0. The molecule has 0 fully saturated rings. The zero-order chi connectivity index (χ0) is 17.4. The van der Waals surface area contributed by atoms with Crippen LogP contribution in [0, 0.1) is 11.3 Å². The Morgan fingerprint density at radius 3 is 2.92 bits per heavy atom. The molecule has 1 unspecified atom stereocenters. The summed E-state index contributed by atoms with van der Waals surface area (Å²) in [7, 11) is 0. The Morgan fingerprint density at radius 1 is 1.24 bits per heavy atom. The number of nitriles is 1. The van der Waals surface area contributed by atoms with E-state index in [9.17, 15) is 10.1 Å². The van der Waals surface area contributed by atoms with Crippen LogP contribution in [0.15, 0.2) is 48.8 Å². The van der Waals surface area contributed by atoms with E-state index in [0.29, 0.717) is 25.2 Å². The standard InChI is InChI=1S/C20H18N4O/c1-14-19-7-6-17(11-21)24(19)9-8-23(14)20(25)10-16-13-22-12-15-4-2-3-5-18(15)16/h2-7,12-14H,8-10H2,1H3. The predicted octanol–water partition coefficient (Wildman–Crippen LogP) is 3.05. The molecule has 1 atom stereocenters. The van der Waals surface area contributed by atoms with Crippen molar-refractivity contribution in [3.8, 4) is 6.07 Å². The van der Waals surface area contributed by atoms with Gasteiger partial charge in [-0.1, -0.05) is 24.3 Å². The van der Waals surface area contributed by atoms with Gasteiger partial charge in [0.15, 0.2) is 0 Å². The van der Waals surface area contributed by atoms with Gasteiger partial charge in [0.2, 0.25) is 5.91 Å². The number of fused-ring (bicyclic) bond motifs is 2. The molecule has 0 saturated heterocycles. The first-order valence-electron chi connectivity index (χ1n) is 8.39. The lowest BCUT2D eigenvalue weighted by Crippen LogP contribution is -2.41. The molecule has 124 valence electrons. The molecule has 3 heterocycles. The van der Waals surface area contributed by atoms with Crippen LogP contribution in [0.1, 0.15) is 29.9 Å². The molecule has 5 heteroatoms. The number of aromatic nitrogens is 2. The minimum atomic E-state index is -0.0358. The summed E-state index contributed by atoms with van der Waals surface area (Å²) >= 11 is 0. The van der Waals surface area contributed by atoms with E-state index < -0.39 is 0 Å². The molecule has 25 heavy (non-hydrogen) atoms. The number of benzene rings is 1. The minimum absolute atomic E-state index is 0.0358. The highest BCUT2D eigenvalue weighted by Crippen LogP contribution is 2.28. The molecule has 1 aromatic carbocycles. The van der Waals surface area contributed by atoms with Gasteiger partial charge in [-0.2, -0.15) is 5.26 Å². The van der Waals surface area contributed by atoms with Crippen LogP contribution in [-0.4, -0.2) is 26.9 Å². The monoisotopic (exact) mass is 330 g/mol. The first kappa shape index (κ1) is 15.4. The van der Waals surface area contributed by atoms with Crippen molar-refractivity contribution in [1.82, 2.24) is 14.5 Å². The molecule has 3 aromatic rings. The van der Waals surface area contributed by atoms with Crippen LogP contribution in [0.25, 0.3) is 10.8 Å². The number of pyridine rings is 1. The Hall–Kier alpha value is -3.13. The topological polar surface area (TPSA) is 61.9 Å². The Bertz CT molecular complexity index is 993. The highest BCUT2D eigenvalue weighted by atomic mass is 16.2. The number of carbonyl (C=O) groups excluding carboxylic acids is 1.